The molecule has 0 fully saturated rings. The van der Waals surface area contributed by atoms with Gasteiger partial charge < -0.3 is 4.57 Å². The molecule has 1 aromatic heterocycles. The van der Waals surface area contributed by atoms with Crippen molar-refractivity contribution in [2.75, 3.05) is 0 Å². The van der Waals surface area contributed by atoms with Crippen LogP contribution in [0.15, 0.2) is 34.4 Å². The summed E-state index contributed by atoms with van der Waals surface area (Å²) in [7, 11) is 0. The number of nitrogens with zero attached hydrogens (tertiary/aromatic N) is 4. The van der Waals surface area contributed by atoms with Gasteiger partial charge in [-0.3, -0.25) is 9.59 Å². The molecule has 0 saturated carbocycles. The van der Waals surface area contributed by atoms with E-state index in [0.29, 0.717) is 17.9 Å². The van der Waals surface area contributed by atoms with Gasteiger partial charge in [-0.2, -0.15) is 0 Å². The van der Waals surface area contributed by atoms with E-state index < -0.39 is 11.0 Å². The van der Waals surface area contributed by atoms with E-state index in [9.17, 15) is 9.59 Å². The van der Waals surface area contributed by atoms with Crippen LogP contribution in [0.25, 0.3) is 11.4 Å². The highest BCUT2D eigenvalue weighted by molar-refractivity contribution is 5.58. The van der Waals surface area contributed by atoms with E-state index in [4.69, 9.17) is 0 Å². The van der Waals surface area contributed by atoms with E-state index in [1.54, 1.807) is 24.8 Å². The van der Waals surface area contributed by atoms with Gasteiger partial charge in [0.1, 0.15) is 5.69 Å². The van der Waals surface area contributed by atoms with E-state index in [1.807, 2.05) is 4.57 Å². The Kier molecular flexibility index (Phi) is 1.70. The highest BCUT2D eigenvalue weighted by Crippen LogP contribution is 2.15. The molecule has 3 rings (SSSR count). The van der Waals surface area contributed by atoms with E-state index in [2.05, 4.69) is 15.0 Å². The fourth-order valence-corrected chi connectivity index (χ4v) is 1.62. The van der Waals surface area contributed by atoms with Crippen LogP contribution >= 0.6 is 0 Å². The summed E-state index contributed by atoms with van der Waals surface area (Å²) in [5.41, 5.74) is -0.101. The Balaban J connectivity index is 2.04. The Morgan fingerprint density at radius 2 is 2.12 bits per heavy atom. The zero-order valence-electron chi connectivity index (χ0n) is 8.12. The second-order valence-electron chi connectivity index (χ2n) is 3.46. The van der Waals surface area contributed by atoms with Crippen LogP contribution in [0.5, 0.6) is 0 Å². The molecule has 6 nitrogen and oxygen atoms in total. The molecule has 2 aliphatic rings. The third-order valence-electron chi connectivity index (χ3n) is 2.34. The van der Waals surface area contributed by atoms with Crippen LogP contribution in [0.3, 0.4) is 0 Å². The van der Waals surface area contributed by atoms with Crippen LogP contribution in [-0.4, -0.2) is 19.5 Å². The molecule has 3 heterocycles. The number of imidazole rings is 1. The number of hydrogen-bond acceptors (Lipinski definition) is 5. The standard InChI is InChI=1S/C10H6N4O2/c15-9-8-7(13-10(9)16)3-6(12-8)4-14-2-1-11-5-14/h1-3,5H,4H2. The van der Waals surface area contributed by atoms with Gasteiger partial charge in [0.05, 0.1) is 24.3 Å². The molecule has 0 aromatic carbocycles. The van der Waals surface area contributed by atoms with Gasteiger partial charge in [-0.15, -0.1) is 0 Å². The molecule has 0 atom stereocenters. The van der Waals surface area contributed by atoms with Crippen molar-refractivity contribution in [3.63, 3.8) is 0 Å². The van der Waals surface area contributed by atoms with Crippen molar-refractivity contribution in [1.82, 2.24) is 19.5 Å². The third-order valence-corrected chi connectivity index (χ3v) is 2.34. The maximum atomic E-state index is 11.3. The lowest BCUT2D eigenvalue weighted by molar-refractivity contribution is 0.779. The average molecular weight is 214 g/mol. The van der Waals surface area contributed by atoms with Crippen LogP contribution < -0.4 is 11.0 Å². The van der Waals surface area contributed by atoms with Crippen LogP contribution in [0.2, 0.25) is 0 Å². The Hall–Kier alpha value is -2.37. The molecule has 1 aromatic rings. The molecule has 0 bridgehead atoms. The number of hydrogen-bond donors (Lipinski definition) is 0. The van der Waals surface area contributed by atoms with E-state index in [-0.39, 0.29) is 5.69 Å². The van der Waals surface area contributed by atoms with Gasteiger partial charge in [-0.05, 0) is 6.07 Å². The molecule has 0 spiro atoms. The first kappa shape index (κ1) is 8.90. The zero-order chi connectivity index (χ0) is 11.1. The predicted molar refractivity (Wildman–Crippen MR) is 54.9 cm³/mol. The van der Waals surface area contributed by atoms with Gasteiger partial charge in [0.15, 0.2) is 0 Å². The summed E-state index contributed by atoms with van der Waals surface area (Å²) >= 11 is 0. The van der Waals surface area contributed by atoms with Gasteiger partial charge in [-0.1, -0.05) is 0 Å². The van der Waals surface area contributed by atoms with Gasteiger partial charge >= 0.3 is 5.56 Å². The molecule has 78 valence electrons. The molecular formula is C10H6N4O2. The van der Waals surface area contributed by atoms with Crippen LogP contribution in [0, 0.1) is 0 Å². The number of fused-ring (bicyclic) bond motifs is 1. The highest BCUT2D eigenvalue weighted by Gasteiger charge is 2.18. The minimum atomic E-state index is -0.730. The number of aromatic nitrogens is 4. The monoisotopic (exact) mass is 214 g/mol. The molecule has 0 aliphatic carbocycles. The smallest absolute Gasteiger partial charge is 0.320 e. The second-order valence-corrected chi connectivity index (χ2v) is 3.46. The molecule has 0 radical (unpaired) electrons. The highest BCUT2D eigenvalue weighted by atomic mass is 16.2. The predicted octanol–water partition coefficient (Wildman–Crippen LogP) is -0.578. The van der Waals surface area contributed by atoms with Crippen LogP contribution in [0.4, 0.5) is 0 Å². The van der Waals surface area contributed by atoms with Gasteiger partial charge in [0, 0.05) is 12.4 Å². The van der Waals surface area contributed by atoms with E-state index in [0.717, 1.165) is 0 Å². The molecule has 0 saturated heterocycles. The van der Waals surface area contributed by atoms with E-state index in [1.165, 1.54) is 0 Å². The first-order valence-electron chi connectivity index (χ1n) is 4.67. The van der Waals surface area contributed by atoms with Gasteiger partial charge in [-0.25, -0.2) is 15.0 Å². The fourth-order valence-electron chi connectivity index (χ4n) is 1.62. The van der Waals surface area contributed by atoms with Gasteiger partial charge in [0.25, 0.3) is 5.43 Å². The lowest BCUT2D eigenvalue weighted by Gasteiger charge is -1.95. The Labute approximate surface area is 89.3 Å². The molecule has 2 aliphatic heterocycles. The molecule has 6 heteroatoms. The Morgan fingerprint density at radius 3 is 2.81 bits per heavy atom. The van der Waals surface area contributed by atoms with Crippen molar-refractivity contribution >= 4 is 0 Å². The summed E-state index contributed by atoms with van der Waals surface area (Å²) in [5, 5.41) is 0. The summed E-state index contributed by atoms with van der Waals surface area (Å²) < 4.78 is 1.82. The largest absolute Gasteiger partial charge is 0.331 e. The summed E-state index contributed by atoms with van der Waals surface area (Å²) in [4.78, 5) is 33.8. The normalized spacial score (nSPS) is 11.2. The topological polar surface area (TPSA) is 77.7 Å². The Morgan fingerprint density at radius 1 is 1.25 bits per heavy atom. The summed E-state index contributed by atoms with van der Waals surface area (Å²) in [6, 6.07) is 1.65. The maximum absolute atomic E-state index is 11.3. The summed E-state index contributed by atoms with van der Waals surface area (Å²) in [6.07, 6.45) is 5.11. The fraction of sp³-hybridized carbons (Fsp3) is 0.100. The zero-order valence-corrected chi connectivity index (χ0v) is 8.12. The molecular weight excluding hydrogens is 208 g/mol. The third kappa shape index (κ3) is 1.23. The van der Waals surface area contributed by atoms with Crippen molar-refractivity contribution in [2.45, 2.75) is 6.54 Å². The molecule has 16 heavy (non-hydrogen) atoms. The van der Waals surface area contributed by atoms with Crippen LogP contribution in [0.1, 0.15) is 5.69 Å². The first-order chi connectivity index (χ1) is 7.74. The molecule has 0 amide bonds. The number of rotatable bonds is 2. The SMILES string of the molecule is O=c1nc2cc(Cn3ccnc3)nc-2c1=O. The van der Waals surface area contributed by atoms with Crippen molar-refractivity contribution < 1.29 is 0 Å². The minimum absolute atomic E-state index is 0.167. The van der Waals surface area contributed by atoms with Crippen LogP contribution in [-0.2, 0) is 6.54 Å². The Bertz CT molecular complexity index is 679. The van der Waals surface area contributed by atoms with Crippen molar-refractivity contribution in [1.29, 1.82) is 0 Å². The van der Waals surface area contributed by atoms with Gasteiger partial charge in [0.2, 0.25) is 0 Å². The van der Waals surface area contributed by atoms with Crippen molar-refractivity contribution in [3.05, 3.63) is 51.1 Å². The summed E-state index contributed by atoms with van der Waals surface area (Å²) in [6.45, 7) is 0.518. The lowest BCUT2D eigenvalue weighted by Crippen LogP contribution is -2.19. The maximum Gasteiger partial charge on any atom is 0.320 e. The lowest BCUT2D eigenvalue weighted by atomic mass is 10.3. The molecule has 0 unspecified atom stereocenters. The van der Waals surface area contributed by atoms with Crippen molar-refractivity contribution in [2.24, 2.45) is 0 Å². The average Bonchev–Trinajstić information content (AvgIpc) is 2.91. The van der Waals surface area contributed by atoms with Crippen molar-refractivity contribution in [3.8, 4) is 11.4 Å². The minimum Gasteiger partial charge on any atom is -0.331 e. The van der Waals surface area contributed by atoms with E-state index >= 15 is 0 Å². The summed E-state index contributed by atoms with van der Waals surface area (Å²) in [5.74, 6) is 0. The second kappa shape index (κ2) is 3.06. The molecule has 0 N–H and O–H groups in total. The quantitative estimate of drug-likeness (QED) is 0.533. The first-order valence-corrected chi connectivity index (χ1v) is 4.67.